The highest BCUT2D eigenvalue weighted by Gasteiger charge is 2.52. The Bertz CT molecular complexity index is 522. The SMILES string of the molecule is CCC1=C(c2ccccc2)C[N+]2(CCCC2)[B-]1(CC)CC. The number of quaternary nitrogens is 1. The third-order valence-corrected chi connectivity index (χ3v) is 6.87. The lowest BCUT2D eigenvalue weighted by molar-refractivity contribution is -0.810. The smallest absolute Gasteiger partial charge is 0.233 e. The zero-order valence-corrected chi connectivity index (χ0v) is 14.1. The summed E-state index contributed by atoms with van der Waals surface area (Å²) in [5.41, 5.74) is 5.02. The fourth-order valence-corrected chi connectivity index (χ4v) is 5.93. The van der Waals surface area contributed by atoms with E-state index in [-0.39, 0.29) is 6.28 Å². The number of allylic oxidation sites excluding steroid dienone is 1. The van der Waals surface area contributed by atoms with Gasteiger partial charge in [-0.3, -0.25) is 0 Å². The van der Waals surface area contributed by atoms with Crippen LogP contribution >= 0.6 is 0 Å². The Labute approximate surface area is 130 Å². The van der Waals surface area contributed by atoms with Crippen LogP contribution < -0.4 is 0 Å². The number of nitrogens with zero attached hydrogens (tertiary/aromatic N) is 1. The first kappa shape index (κ1) is 14.9. The summed E-state index contributed by atoms with van der Waals surface area (Å²) < 4.78 is 1.42. The van der Waals surface area contributed by atoms with Crippen molar-refractivity contribution in [2.24, 2.45) is 0 Å². The van der Waals surface area contributed by atoms with Gasteiger partial charge in [-0.25, -0.2) is 0 Å². The lowest BCUT2D eigenvalue weighted by Gasteiger charge is -2.55. The van der Waals surface area contributed by atoms with Gasteiger partial charge in [-0.15, -0.1) is 12.6 Å². The number of rotatable bonds is 4. The Hall–Kier alpha value is -1.02. The van der Waals surface area contributed by atoms with Crippen molar-refractivity contribution in [1.82, 2.24) is 0 Å². The third-order valence-electron chi connectivity index (χ3n) is 6.87. The van der Waals surface area contributed by atoms with E-state index in [9.17, 15) is 0 Å². The van der Waals surface area contributed by atoms with E-state index in [1.54, 1.807) is 5.57 Å². The van der Waals surface area contributed by atoms with Gasteiger partial charge in [0.05, 0.1) is 6.54 Å². The molecule has 1 aromatic rings. The summed E-state index contributed by atoms with van der Waals surface area (Å²) in [6.07, 6.45) is 6.44. The van der Waals surface area contributed by atoms with Crippen molar-refractivity contribution in [1.29, 1.82) is 0 Å². The van der Waals surface area contributed by atoms with E-state index < -0.39 is 0 Å². The van der Waals surface area contributed by atoms with Crippen LogP contribution in [0.5, 0.6) is 0 Å². The van der Waals surface area contributed by atoms with Gasteiger partial charge in [0.2, 0.25) is 6.28 Å². The molecule has 2 aliphatic heterocycles. The van der Waals surface area contributed by atoms with E-state index in [2.05, 4.69) is 51.1 Å². The molecule has 21 heavy (non-hydrogen) atoms. The molecule has 2 aliphatic rings. The van der Waals surface area contributed by atoms with Crippen LogP contribution in [0.2, 0.25) is 12.6 Å². The van der Waals surface area contributed by atoms with Crippen molar-refractivity contribution in [2.45, 2.75) is 52.7 Å². The summed E-state index contributed by atoms with van der Waals surface area (Å²) in [4.78, 5) is 0. The molecule has 1 aromatic carbocycles. The Morgan fingerprint density at radius 3 is 2.10 bits per heavy atom. The minimum atomic E-state index is -0.383. The van der Waals surface area contributed by atoms with Crippen LogP contribution in [0.1, 0.15) is 45.6 Å². The monoisotopic (exact) mass is 283 g/mol. The standard InChI is InChI=1S/C19H30BN/c1-4-19-18(17-12-8-7-9-13-17)16-21(14-10-11-15-21)20(19,5-2)6-3/h7-9,12-13H,4-6,10-11,14-16H2,1-3H3. The van der Waals surface area contributed by atoms with E-state index in [0.29, 0.717) is 0 Å². The molecular formula is C19H30BN. The second-order valence-corrected chi connectivity index (χ2v) is 7.26. The van der Waals surface area contributed by atoms with Crippen LogP contribution in [0, 0.1) is 0 Å². The molecule has 3 rings (SSSR count). The molecule has 0 amide bonds. The highest BCUT2D eigenvalue weighted by Crippen LogP contribution is 2.49. The zero-order chi connectivity index (χ0) is 14.9. The summed E-state index contributed by atoms with van der Waals surface area (Å²) in [7, 11) is 0. The van der Waals surface area contributed by atoms with Gasteiger partial charge in [0.25, 0.3) is 0 Å². The zero-order valence-electron chi connectivity index (χ0n) is 14.1. The van der Waals surface area contributed by atoms with Gasteiger partial charge in [0, 0.05) is 13.1 Å². The van der Waals surface area contributed by atoms with Crippen molar-refractivity contribution in [3.05, 3.63) is 41.4 Å². The molecule has 1 nitrogen and oxygen atoms in total. The van der Waals surface area contributed by atoms with Crippen LogP contribution in [0.15, 0.2) is 35.8 Å². The highest BCUT2D eigenvalue weighted by molar-refractivity contribution is 6.82. The van der Waals surface area contributed by atoms with Crippen molar-refractivity contribution in [3.8, 4) is 0 Å². The second-order valence-electron chi connectivity index (χ2n) is 7.26. The topological polar surface area (TPSA) is 0 Å². The maximum Gasteiger partial charge on any atom is 0.233 e. The van der Waals surface area contributed by atoms with Gasteiger partial charge in [0.1, 0.15) is 0 Å². The summed E-state index contributed by atoms with van der Waals surface area (Å²) in [6, 6.07) is 11.2. The van der Waals surface area contributed by atoms with Gasteiger partial charge in [-0.1, -0.05) is 57.5 Å². The van der Waals surface area contributed by atoms with E-state index >= 15 is 0 Å². The molecule has 0 atom stereocenters. The van der Waals surface area contributed by atoms with Crippen molar-refractivity contribution >= 4 is 11.9 Å². The lowest BCUT2D eigenvalue weighted by atomic mass is 9.25. The largest absolute Gasteiger partial charge is 0.508 e. The molecule has 1 fully saturated rings. The molecule has 2 heteroatoms. The average molecular weight is 283 g/mol. The Balaban J connectivity index is 2.14. The number of hydrogen-bond donors (Lipinski definition) is 0. The minimum Gasteiger partial charge on any atom is -0.508 e. The molecule has 1 saturated heterocycles. The van der Waals surface area contributed by atoms with E-state index in [1.165, 1.54) is 61.5 Å². The first-order chi connectivity index (χ1) is 10.2. The van der Waals surface area contributed by atoms with Crippen LogP contribution in [-0.4, -0.2) is 30.3 Å². The molecule has 114 valence electrons. The maximum absolute atomic E-state index is 2.45. The summed E-state index contributed by atoms with van der Waals surface area (Å²) in [5.74, 6) is 0. The molecular weight excluding hydrogens is 253 g/mol. The second kappa shape index (κ2) is 5.64. The van der Waals surface area contributed by atoms with E-state index in [1.807, 2.05) is 5.47 Å². The van der Waals surface area contributed by atoms with Crippen LogP contribution in [-0.2, 0) is 0 Å². The molecule has 0 aromatic heterocycles. The summed E-state index contributed by atoms with van der Waals surface area (Å²) >= 11 is 0. The quantitative estimate of drug-likeness (QED) is 0.682. The average Bonchev–Trinajstić information content (AvgIpc) is 3.12. The van der Waals surface area contributed by atoms with Gasteiger partial charge in [0.15, 0.2) is 0 Å². The van der Waals surface area contributed by atoms with Crippen LogP contribution in [0.3, 0.4) is 0 Å². The molecule has 0 N–H and O–H groups in total. The first-order valence-electron chi connectivity index (χ1n) is 9.05. The normalized spacial score (nSPS) is 23.2. The Morgan fingerprint density at radius 2 is 1.57 bits per heavy atom. The van der Waals surface area contributed by atoms with Crippen LogP contribution in [0.4, 0.5) is 0 Å². The summed E-state index contributed by atoms with van der Waals surface area (Å²) in [5, 5.41) is 0. The Kier molecular flexibility index (Phi) is 4.01. The molecule has 0 bridgehead atoms. The summed E-state index contributed by atoms with van der Waals surface area (Å²) in [6.45, 7) is 11.4. The van der Waals surface area contributed by atoms with Gasteiger partial charge >= 0.3 is 0 Å². The fourth-order valence-electron chi connectivity index (χ4n) is 5.93. The van der Waals surface area contributed by atoms with Crippen molar-refractivity contribution in [2.75, 3.05) is 19.6 Å². The Morgan fingerprint density at radius 1 is 0.952 bits per heavy atom. The fraction of sp³-hybridized carbons (Fsp3) is 0.579. The third kappa shape index (κ3) is 2.03. The highest BCUT2D eigenvalue weighted by atomic mass is 15.3. The maximum atomic E-state index is 2.45. The van der Waals surface area contributed by atoms with Gasteiger partial charge in [-0.05, 0) is 24.0 Å². The predicted octanol–water partition coefficient (Wildman–Crippen LogP) is 5.00. The minimum absolute atomic E-state index is 0.383. The lowest BCUT2D eigenvalue weighted by Crippen LogP contribution is -2.64. The van der Waals surface area contributed by atoms with Gasteiger partial charge in [-0.2, -0.15) is 5.47 Å². The number of hydrogen-bond acceptors (Lipinski definition) is 0. The molecule has 0 aliphatic carbocycles. The molecule has 0 saturated carbocycles. The molecule has 1 spiro atoms. The molecule has 2 heterocycles. The van der Waals surface area contributed by atoms with Gasteiger partial charge < -0.3 is 4.39 Å². The van der Waals surface area contributed by atoms with E-state index in [0.717, 1.165) is 0 Å². The van der Waals surface area contributed by atoms with Crippen molar-refractivity contribution in [3.63, 3.8) is 0 Å². The van der Waals surface area contributed by atoms with Crippen LogP contribution in [0.25, 0.3) is 5.57 Å². The predicted molar refractivity (Wildman–Crippen MR) is 94.5 cm³/mol. The molecule has 0 unspecified atom stereocenters. The first-order valence-corrected chi connectivity index (χ1v) is 9.05. The molecule has 0 radical (unpaired) electrons. The van der Waals surface area contributed by atoms with Crippen molar-refractivity contribution < 1.29 is 4.39 Å². The van der Waals surface area contributed by atoms with E-state index in [4.69, 9.17) is 0 Å². The number of benzene rings is 1.